The van der Waals surface area contributed by atoms with Gasteiger partial charge in [0.15, 0.2) is 5.82 Å². The molecule has 0 aliphatic heterocycles. The predicted octanol–water partition coefficient (Wildman–Crippen LogP) is 3.12. The first-order valence-corrected chi connectivity index (χ1v) is 11.3. The van der Waals surface area contributed by atoms with E-state index >= 15 is 0 Å². The Kier molecular flexibility index (Phi) is 6.91. The molecular formula is C25H28FN7O. The second-order valence-electron chi connectivity index (χ2n) is 8.72. The Balaban J connectivity index is 1.44. The normalized spacial score (nSPS) is 20.0. The number of anilines is 2. The molecule has 0 atom stereocenters. The fraction of sp³-hybridized carbons (Fsp3) is 0.320. The van der Waals surface area contributed by atoms with Crippen molar-refractivity contribution >= 4 is 17.4 Å². The standard InChI is InChI=1S/C25H28FN7O/c26-19-5-7-21(8-6-19)31-24-22(23(29)34)15-33(32-24)25(16-28)11-9-20(10-12-25)30-14-18-3-1-17(13-27)2-4-18/h1-8,15,20,30H,9-12,14,16,28H2,(H2,29,34)(H,31,32). The van der Waals surface area contributed by atoms with Gasteiger partial charge in [0.2, 0.25) is 0 Å². The number of rotatable bonds is 8. The summed E-state index contributed by atoms with van der Waals surface area (Å²) in [4.78, 5) is 12.1. The summed E-state index contributed by atoms with van der Waals surface area (Å²) in [5, 5.41) is 20.2. The monoisotopic (exact) mass is 461 g/mol. The summed E-state index contributed by atoms with van der Waals surface area (Å²) < 4.78 is 15.0. The first kappa shape index (κ1) is 23.4. The maximum atomic E-state index is 13.2. The molecule has 8 nitrogen and oxygen atoms in total. The van der Waals surface area contributed by atoms with Crippen molar-refractivity contribution in [2.24, 2.45) is 11.5 Å². The van der Waals surface area contributed by atoms with Crippen LogP contribution in [-0.2, 0) is 12.1 Å². The van der Waals surface area contributed by atoms with E-state index in [0.717, 1.165) is 37.8 Å². The zero-order valence-corrected chi connectivity index (χ0v) is 18.8. The van der Waals surface area contributed by atoms with Crippen LogP contribution in [0, 0.1) is 17.1 Å². The van der Waals surface area contributed by atoms with Gasteiger partial charge in [0.05, 0.1) is 17.2 Å². The van der Waals surface area contributed by atoms with Crippen LogP contribution >= 0.6 is 0 Å². The summed E-state index contributed by atoms with van der Waals surface area (Å²) >= 11 is 0. The van der Waals surface area contributed by atoms with Gasteiger partial charge in [-0.15, -0.1) is 0 Å². The highest BCUT2D eigenvalue weighted by Crippen LogP contribution is 2.35. The smallest absolute Gasteiger partial charge is 0.254 e. The molecule has 0 bridgehead atoms. The summed E-state index contributed by atoms with van der Waals surface area (Å²) in [6, 6.07) is 15.8. The average Bonchev–Trinajstić information content (AvgIpc) is 3.29. The molecule has 1 heterocycles. The zero-order valence-electron chi connectivity index (χ0n) is 18.8. The van der Waals surface area contributed by atoms with E-state index in [9.17, 15) is 9.18 Å². The van der Waals surface area contributed by atoms with E-state index < -0.39 is 11.4 Å². The number of hydrogen-bond acceptors (Lipinski definition) is 6. The van der Waals surface area contributed by atoms with E-state index in [1.165, 1.54) is 12.1 Å². The number of carbonyl (C=O) groups excluding carboxylic acids is 1. The van der Waals surface area contributed by atoms with Crippen LogP contribution in [0.25, 0.3) is 0 Å². The molecule has 1 saturated carbocycles. The van der Waals surface area contributed by atoms with Gasteiger partial charge in [-0.05, 0) is 67.6 Å². The number of aromatic nitrogens is 2. The lowest BCUT2D eigenvalue weighted by molar-refractivity contribution is 0.1000. The van der Waals surface area contributed by atoms with Crippen LogP contribution < -0.4 is 22.1 Å². The second-order valence-corrected chi connectivity index (χ2v) is 8.72. The van der Waals surface area contributed by atoms with Crippen molar-refractivity contribution in [1.82, 2.24) is 15.1 Å². The van der Waals surface area contributed by atoms with Gasteiger partial charge in [0.1, 0.15) is 11.4 Å². The van der Waals surface area contributed by atoms with Crippen LogP contribution in [0.1, 0.15) is 47.2 Å². The minimum absolute atomic E-state index is 0.262. The highest BCUT2D eigenvalue weighted by molar-refractivity contribution is 5.98. The van der Waals surface area contributed by atoms with Crippen molar-refractivity contribution in [1.29, 1.82) is 5.26 Å². The van der Waals surface area contributed by atoms with Crippen molar-refractivity contribution in [3.63, 3.8) is 0 Å². The molecule has 1 aromatic heterocycles. The van der Waals surface area contributed by atoms with Crippen LogP contribution in [0.15, 0.2) is 54.7 Å². The molecule has 34 heavy (non-hydrogen) atoms. The largest absolute Gasteiger partial charge is 0.365 e. The summed E-state index contributed by atoms with van der Waals surface area (Å²) in [7, 11) is 0. The number of primary amides is 1. The van der Waals surface area contributed by atoms with E-state index in [4.69, 9.17) is 16.7 Å². The van der Waals surface area contributed by atoms with Gasteiger partial charge >= 0.3 is 0 Å². The van der Waals surface area contributed by atoms with E-state index in [-0.39, 0.29) is 11.4 Å². The van der Waals surface area contributed by atoms with Crippen LogP contribution in [0.2, 0.25) is 0 Å². The Morgan fingerprint density at radius 2 is 1.85 bits per heavy atom. The van der Waals surface area contributed by atoms with Gasteiger partial charge in [-0.3, -0.25) is 9.48 Å². The van der Waals surface area contributed by atoms with Gasteiger partial charge in [0, 0.05) is 31.0 Å². The summed E-state index contributed by atoms with van der Waals surface area (Å²) in [5.41, 5.74) is 14.1. The van der Waals surface area contributed by atoms with Crippen LogP contribution in [0.3, 0.4) is 0 Å². The molecule has 9 heteroatoms. The number of amides is 1. The van der Waals surface area contributed by atoms with Gasteiger partial charge < -0.3 is 22.1 Å². The van der Waals surface area contributed by atoms with Crippen molar-refractivity contribution in [3.05, 3.63) is 77.2 Å². The Labute approximate surface area is 197 Å². The number of nitrogens with zero attached hydrogens (tertiary/aromatic N) is 3. The zero-order chi connectivity index (χ0) is 24.1. The number of nitrogens with two attached hydrogens (primary N) is 2. The first-order valence-electron chi connectivity index (χ1n) is 11.3. The molecule has 1 aliphatic carbocycles. The molecule has 4 rings (SSSR count). The average molecular weight is 462 g/mol. The molecule has 6 N–H and O–H groups in total. The van der Waals surface area contributed by atoms with E-state index in [0.29, 0.717) is 29.7 Å². The van der Waals surface area contributed by atoms with E-state index in [2.05, 4.69) is 21.8 Å². The molecule has 0 radical (unpaired) electrons. The molecule has 0 saturated heterocycles. The molecule has 2 aromatic carbocycles. The number of nitriles is 1. The highest BCUT2D eigenvalue weighted by Gasteiger charge is 2.37. The Hall–Kier alpha value is -3.74. The van der Waals surface area contributed by atoms with E-state index in [1.807, 2.05) is 24.3 Å². The van der Waals surface area contributed by atoms with Gasteiger partial charge in [0.25, 0.3) is 5.91 Å². The number of nitrogens with one attached hydrogen (secondary N) is 2. The Bertz CT molecular complexity index is 1170. The third-order valence-corrected chi connectivity index (χ3v) is 6.55. The topological polar surface area (TPSA) is 135 Å². The molecule has 1 aliphatic rings. The summed E-state index contributed by atoms with van der Waals surface area (Å²) in [6.07, 6.45) is 5.06. The molecule has 1 fully saturated rings. The SMILES string of the molecule is N#Cc1ccc(CNC2CCC(CN)(n3cc(C(N)=O)c(Nc4ccc(F)cc4)n3)CC2)cc1. The molecule has 176 valence electrons. The summed E-state index contributed by atoms with van der Waals surface area (Å²) in [5.74, 6) is -0.619. The third-order valence-electron chi connectivity index (χ3n) is 6.55. The maximum Gasteiger partial charge on any atom is 0.254 e. The van der Waals surface area contributed by atoms with E-state index in [1.54, 1.807) is 23.0 Å². The van der Waals surface area contributed by atoms with Gasteiger partial charge in [-0.2, -0.15) is 10.4 Å². The Morgan fingerprint density at radius 3 is 2.44 bits per heavy atom. The molecular weight excluding hydrogens is 433 g/mol. The molecule has 1 amide bonds. The highest BCUT2D eigenvalue weighted by atomic mass is 19.1. The summed E-state index contributed by atoms with van der Waals surface area (Å²) in [6.45, 7) is 1.11. The van der Waals surface area contributed by atoms with Crippen molar-refractivity contribution in [2.45, 2.75) is 43.8 Å². The lowest BCUT2D eigenvalue weighted by Crippen LogP contribution is -2.47. The maximum absolute atomic E-state index is 13.2. The number of hydrogen-bond donors (Lipinski definition) is 4. The molecule has 3 aromatic rings. The number of halogens is 1. The third kappa shape index (κ3) is 5.09. The number of carbonyl (C=O) groups is 1. The molecule has 0 unspecified atom stereocenters. The van der Waals surface area contributed by atoms with Crippen molar-refractivity contribution in [3.8, 4) is 6.07 Å². The lowest BCUT2D eigenvalue weighted by atomic mass is 9.79. The minimum atomic E-state index is -0.596. The van der Waals surface area contributed by atoms with Crippen molar-refractivity contribution < 1.29 is 9.18 Å². The Morgan fingerprint density at radius 1 is 1.18 bits per heavy atom. The lowest BCUT2D eigenvalue weighted by Gasteiger charge is -2.40. The van der Waals surface area contributed by atoms with Crippen molar-refractivity contribution in [2.75, 3.05) is 11.9 Å². The van der Waals surface area contributed by atoms with Crippen LogP contribution in [0.5, 0.6) is 0 Å². The van der Waals surface area contributed by atoms with Gasteiger partial charge in [-0.1, -0.05) is 12.1 Å². The number of benzene rings is 2. The quantitative estimate of drug-likeness (QED) is 0.407. The molecule has 0 spiro atoms. The fourth-order valence-corrected chi connectivity index (χ4v) is 4.40. The minimum Gasteiger partial charge on any atom is -0.365 e. The second kappa shape index (κ2) is 10.0. The first-order chi connectivity index (χ1) is 16.4. The van der Waals surface area contributed by atoms with Gasteiger partial charge in [-0.25, -0.2) is 4.39 Å². The fourth-order valence-electron chi connectivity index (χ4n) is 4.40. The predicted molar refractivity (Wildman–Crippen MR) is 128 cm³/mol. The van der Waals surface area contributed by atoms with Crippen LogP contribution in [-0.4, -0.2) is 28.3 Å². The van der Waals surface area contributed by atoms with Crippen LogP contribution in [0.4, 0.5) is 15.9 Å².